The van der Waals surface area contributed by atoms with Crippen LogP contribution in [0.2, 0.25) is 5.02 Å². The number of amides is 3. The van der Waals surface area contributed by atoms with Crippen molar-refractivity contribution in [3.8, 4) is 5.75 Å². The molecule has 0 saturated carbocycles. The van der Waals surface area contributed by atoms with Gasteiger partial charge in [0.1, 0.15) is 12.3 Å². The molecule has 1 aromatic rings. The van der Waals surface area contributed by atoms with Crippen LogP contribution in [0.4, 0.5) is 4.79 Å². The van der Waals surface area contributed by atoms with E-state index in [2.05, 4.69) is 0 Å². The lowest BCUT2D eigenvalue weighted by atomic mass is 10.1. The van der Waals surface area contributed by atoms with Gasteiger partial charge < -0.3 is 14.7 Å². The molecule has 2 saturated heterocycles. The van der Waals surface area contributed by atoms with Crippen LogP contribution in [0.3, 0.4) is 0 Å². The Kier molecular flexibility index (Phi) is 6.81. The Hall–Kier alpha value is -2.52. The van der Waals surface area contributed by atoms with Gasteiger partial charge in [0, 0.05) is 13.1 Å². The average molecular weight is 439 g/mol. The van der Waals surface area contributed by atoms with E-state index in [-0.39, 0.29) is 28.1 Å². The molecule has 29 heavy (non-hydrogen) atoms. The Morgan fingerprint density at radius 1 is 1.21 bits per heavy atom. The smallest absolute Gasteiger partial charge is 0.341 e. The van der Waals surface area contributed by atoms with Crippen molar-refractivity contribution in [2.24, 2.45) is 0 Å². The third kappa shape index (κ3) is 5.30. The van der Waals surface area contributed by atoms with Crippen LogP contribution in [0.5, 0.6) is 5.75 Å². The van der Waals surface area contributed by atoms with Crippen LogP contribution in [-0.4, -0.2) is 64.2 Å². The molecular formula is C19H19ClN2O6S. The number of piperidine rings is 1. The Morgan fingerprint density at radius 3 is 2.59 bits per heavy atom. The molecule has 0 aromatic heterocycles. The van der Waals surface area contributed by atoms with E-state index in [1.165, 1.54) is 18.2 Å². The number of carboxylic acid groups (broad SMARTS) is 1. The number of hydrogen-bond donors (Lipinski definition) is 1. The number of benzene rings is 1. The van der Waals surface area contributed by atoms with Crippen LogP contribution in [-0.2, 0) is 14.4 Å². The summed E-state index contributed by atoms with van der Waals surface area (Å²) in [4.78, 5) is 50.6. The molecule has 0 spiro atoms. The second-order valence-corrected chi connectivity index (χ2v) is 7.98. The molecule has 2 heterocycles. The molecule has 0 radical (unpaired) electrons. The van der Waals surface area contributed by atoms with Crippen LogP contribution >= 0.6 is 23.4 Å². The van der Waals surface area contributed by atoms with Crippen molar-refractivity contribution in [2.45, 2.75) is 19.3 Å². The fraction of sp³-hybridized carbons (Fsp3) is 0.368. The summed E-state index contributed by atoms with van der Waals surface area (Å²) in [5.74, 6) is -1.67. The van der Waals surface area contributed by atoms with Crippen molar-refractivity contribution < 1.29 is 29.0 Å². The van der Waals surface area contributed by atoms with E-state index in [0.29, 0.717) is 18.7 Å². The normalized spacial score (nSPS) is 18.4. The van der Waals surface area contributed by atoms with Crippen LogP contribution in [0.1, 0.15) is 24.8 Å². The largest absolute Gasteiger partial charge is 0.480 e. The molecule has 10 heteroatoms. The first-order valence-electron chi connectivity index (χ1n) is 9.02. The lowest BCUT2D eigenvalue weighted by molar-refractivity contribution is -0.139. The van der Waals surface area contributed by atoms with Crippen LogP contribution < -0.4 is 4.74 Å². The van der Waals surface area contributed by atoms with Crippen molar-refractivity contribution in [3.05, 3.63) is 33.7 Å². The number of likely N-dealkylation sites (tertiary alicyclic amines) is 1. The van der Waals surface area contributed by atoms with E-state index in [9.17, 15) is 19.2 Å². The number of imide groups is 1. The summed E-state index contributed by atoms with van der Waals surface area (Å²) in [5.41, 5.74) is 0.547. The molecule has 2 fully saturated rings. The molecule has 1 N–H and O–H groups in total. The fourth-order valence-corrected chi connectivity index (χ4v) is 4.11. The van der Waals surface area contributed by atoms with E-state index in [1.807, 2.05) is 0 Å². The standard InChI is InChI=1S/C19H19ClN2O6S/c20-13-8-12(4-5-14(13)28-11-17(24)25)9-15-18(26)22(19(27)29-15)10-16(23)21-6-2-1-3-7-21/h4-5,8-9H,1-3,6-7,10-11H2,(H,24,25)/b15-9-. The zero-order valence-electron chi connectivity index (χ0n) is 15.4. The van der Waals surface area contributed by atoms with Crippen molar-refractivity contribution in [2.75, 3.05) is 26.2 Å². The first-order valence-corrected chi connectivity index (χ1v) is 10.2. The maximum Gasteiger partial charge on any atom is 0.341 e. The maximum absolute atomic E-state index is 12.6. The molecule has 1 aromatic carbocycles. The number of carboxylic acids is 1. The third-order valence-corrected chi connectivity index (χ3v) is 5.68. The summed E-state index contributed by atoms with van der Waals surface area (Å²) < 4.78 is 5.05. The van der Waals surface area contributed by atoms with Crippen molar-refractivity contribution in [3.63, 3.8) is 0 Å². The van der Waals surface area contributed by atoms with Crippen molar-refractivity contribution in [1.82, 2.24) is 9.80 Å². The molecule has 154 valence electrons. The van der Waals surface area contributed by atoms with Crippen molar-refractivity contribution >= 4 is 52.5 Å². The predicted octanol–water partition coefficient (Wildman–Crippen LogP) is 2.85. The molecule has 0 aliphatic carbocycles. The molecule has 3 amide bonds. The monoisotopic (exact) mass is 438 g/mol. The molecule has 0 unspecified atom stereocenters. The van der Waals surface area contributed by atoms with Gasteiger partial charge in [0.05, 0.1) is 9.93 Å². The molecule has 2 aliphatic heterocycles. The zero-order chi connectivity index (χ0) is 21.0. The van der Waals surface area contributed by atoms with Gasteiger partial charge in [-0.15, -0.1) is 0 Å². The van der Waals surface area contributed by atoms with E-state index in [4.69, 9.17) is 21.4 Å². The van der Waals surface area contributed by atoms with Gasteiger partial charge in [-0.2, -0.15) is 0 Å². The van der Waals surface area contributed by atoms with E-state index >= 15 is 0 Å². The number of halogens is 1. The minimum absolute atomic E-state index is 0.180. The summed E-state index contributed by atoms with van der Waals surface area (Å²) in [7, 11) is 0. The van der Waals surface area contributed by atoms with Gasteiger partial charge in [-0.05, 0) is 54.8 Å². The lowest BCUT2D eigenvalue weighted by Gasteiger charge is -2.27. The van der Waals surface area contributed by atoms with Crippen LogP contribution in [0, 0.1) is 0 Å². The summed E-state index contributed by atoms with van der Waals surface area (Å²) in [6.45, 7) is 0.521. The third-order valence-electron chi connectivity index (χ3n) is 4.48. The number of ether oxygens (including phenoxy) is 1. The number of carbonyl (C=O) groups is 4. The Balaban J connectivity index is 1.68. The number of nitrogens with zero attached hydrogens (tertiary/aromatic N) is 2. The highest BCUT2D eigenvalue weighted by Gasteiger charge is 2.37. The van der Waals surface area contributed by atoms with Gasteiger partial charge in [0.25, 0.3) is 11.1 Å². The summed E-state index contributed by atoms with van der Waals surface area (Å²) in [6.07, 6.45) is 4.45. The molecule has 2 aliphatic rings. The summed E-state index contributed by atoms with van der Waals surface area (Å²) in [6, 6.07) is 4.59. The molecule has 3 rings (SSSR count). The predicted molar refractivity (Wildman–Crippen MR) is 108 cm³/mol. The van der Waals surface area contributed by atoms with Gasteiger partial charge in [-0.1, -0.05) is 17.7 Å². The highest BCUT2D eigenvalue weighted by Crippen LogP contribution is 2.33. The first kappa shape index (κ1) is 21.2. The minimum atomic E-state index is -1.13. The van der Waals surface area contributed by atoms with Crippen molar-refractivity contribution in [1.29, 1.82) is 0 Å². The molecular weight excluding hydrogens is 420 g/mol. The first-order chi connectivity index (χ1) is 13.8. The Labute approximate surface area is 176 Å². The number of carbonyl (C=O) groups excluding carboxylic acids is 3. The highest BCUT2D eigenvalue weighted by molar-refractivity contribution is 8.18. The van der Waals surface area contributed by atoms with E-state index in [0.717, 1.165) is 35.9 Å². The highest BCUT2D eigenvalue weighted by atomic mass is 35.5. The van der Waals surface area contributed by atoms with Gasteiger partial charge in [-0.3, -0.25) is 19.3 Å². The fourth-order valence-electron chi connectivity index (χ4n) is 3.03. The number of aliphatic carboxylic acids is 1. The summed E-state index contributed by atoms with van der Waals surface area (Å²) >= 11 is 6.85. The second-order valence-electron chi connectivity index (χ2n) is 6.58. The second kappa shape index (κ2) is 9.32. The molecule has 0 atom stereocenters. The van der Waals surface area contributed by atoms with Gasteiger partial charge in [-0.25, -0.2) is 4.79 Å². The number of rotatable bonds is 6. The van der Waals surface area contributed by atoms with Gasteiger partial charge >= 0.3 is 5.97 Å². The Morgan fingerprint density at radius 2 is 1.93 bits per heavy atom. The minimum Gasteiger partial charge on any atom is -0.480 e. The maximum atomic E-state index is 12.6. The average Bonchev–Trinajstić information content (AvgIpc) is 2.95. The van der Waals surface area contributed by atoms with E-state index < -0.39 is 23.7 Å². The van der Waals surface area contributed by atoms with Crippen LogP contribution in [0.25, 0.3) is 6.08 Å². The van der Waals surface area contributed by atoms with E-state index in [1.54, 1.807) is 11.0 Å². The Bertz CT molecular complexity index is 881. The van der Waals surface area contributed by atoms with Gasteiger partial charge in [0.2, 0.25) is 5.91 Å². The lowest BCUT2D eigenvalue weighted by Crippen LogP contribution is -2.44. The van der Waals surface area contributed by atoms with Gasteiger partial charge in [0.15, 0.2) is 6.61 Å². The molecule has 0 bridgehead atoms. The zero-order valence-corrected chi connectivity index (χ0v) is 17.0. The SMILES string of the molecule is O=C(O)COc1ccc(/C=C2\SC(=O)N(CC(=O)N3CCCCC3)C2=O)cc1Cl. The molecule has 8 nitrogen and oxygen atoms in total. The number of hydrogen-bond acceptors (Lipinski definition) is 6. The summed E-state index contributed by atoms with van der Waals surface area (Å²) in [5, 5.41) is 8.35. The number of thioether (sulfide) groups is 1. The topological polar surface area (TPSA) is 104 Å². The van der Waals surface area contributed by atoms with Crippen LogP contribution in [0.15, 0.2) is 23.1 Å². The quantitative estimate of drug-likeness (QED) is 0.681.